The standard InChI is InChI=1S/C15H17FN2O3/c1-9-11(8-14(19)17-6-5-15(20)21-2)12-7-10(16)3-4-13(12)18-9/h3-4,7,18H,5-6,8H2,1-2H3,(H,17,19). The minimum Gasteiger partial charge on any atom is -0.469 e. The summed E-state index contributed by atoms with van der Waals surface area (Å²) in [5.41, 5.74) is 2.39. The highest BCUT2D eigenvalue weighted by Gasteiger charge is 2.13. The number of fused-ring (bicyclic) bond motifs is 1. The molecule has 0 atom stereocenters. The zero-order valence-corrected chi connectivity index (χ0v) is 12.0. The molecule has 0 unspecified atom stereocenters. The second-order valence-electron chi connectivity index (χ2n) is 4.77. The van der Waals surface area contributed by atoms with Gasteiger partial charge in [-0.15, -0.1) is 0 Å². The molecule has 112 valence electrons. The predicted octanol–water partition coefficient (Wildman–Crippen LogP) is 1.84. The molecule has 2 rings (SSSR count). The van der Waals surface area contributed by atoms with Crippen LogP contribution in [0, 0.1) is 12.7 Å². The molecule has 21 heavy (non-hydrogen) atoms. The number of rotatable bonds is 5. The summed E-state index contributed by atoms with van der Waals surface area (Å²) in [4.78, 5) is 26.0. The van der Waals surface area contributed by atoms with Crippen LogP contribution in [0.4, 0.5) is 4.39 Å². The summed E-state index contributed by atoms with van der Waals surface area (Å²) >= 11 is 0. The number of ether oxygens (including phenoxy) is 1. The molecule has 0 aliphatic carbocycles. The summed E-state index contributed by atoms with van der Waals surface area (Å²) in [5, 5.41) is 3.35. The molecule has 0 spiro atoms. The van der Waals surface area contributed by atoms with Crippen LogP contribution < -0.4 is 5.32 Å². The van der Waals surface area contributed by atoms with E-state index in [-0.39, 0.29) is 37.1 Å². The topological polar surface area (TPSA) is 71.2 Å². The number of nitrogens with one attached hydrogen (secondary N) is 2. The number of esters is 1. The number of carbonyl (C=O) groups excluding carboxylic acids is 2. The molecule has 0 radical (unpaired) electrons. The van der Waals surface area contributed by atoms with Crippen LogP contribution in [0.5, 0.6) is 0 Å². The number of H-pyrrole nitrogens is 1. The molecule has 0 bridgehead atoms. The highest BCUT2D eigenvalue weighted by molar-refractivity contribution is 5.90. The van der Waals surface area contributed by atoms with Crippen molar-refractivity contribution in [1.29, 1.82) is 0 Å². The Bertz CT molecular complexity index is 679. The van der Waals surface area contributed by atoms with Crippen LogP contribution in [0.1, 0.15) is 17.7 Å². The smallest absolute Gasteiger partial charge is 0.307 e. The molecule has 2 aromatic rings. The molecule has 0 aliphatic rings. The third kappa shape index (κ3) is 3.59. The third-order valence-electron chi connectivity index (χ3n) is 3.30. The van der Waals surface area contributed by atoms with E-state index in [1.165, 1.54) is 19.2 Å². The number of aryl methyl sites for hydroxylation is 1. The molecule has 0 aliphatic heterocycles. The van der Waals surface area contributed by atoms with Crippen molar-refractivity contribution >= 4 is 22.8 Å². The summed E-state index contributed by atoms with van der Waals surface area (Å²) < 4.78 is 17.8. The van der Waals surface area contributed by atoms with E-state index in [1.807, 2.05) is 6.92 Å². The highest BCUT2D eigenvalue weighted by atomic mass is 19.1. The quantitative estimate of drug-likeness (QED) is 0.826. The summed E-state index contributed by atoms with van der Waals surface area (Å²) in [6.07, 6.45) is 0.264. The lowest BCUT2D eigenvalue weighted by atomic mass is 10.1. The maximum Gasteiger partial charge on any atom is 0.307 e. The van der Waals surface area contributed by atoms with Crippen LogP contribution >= 0.6 is 0 Å². The minimum absolute atomic E-state index is 0.129. The number of benzene rings is 1. The zero-order valence-electron chi connectivity index (χ0n) is 12.0. The van der Waals surface area contributed by atoms with Crippen molar-refractivity contribution in [1.82, 2.24) is 10.3 Å². The van der Waals surface area contributed by atoms with Gasteiger partial charge >= 0.3 is 5.97 Å². The van der Waals surface area contributed by atoms with Gasteiger partial charge in [0, 0.05) is 23.1 Å². The van der Waals surface area contributed by atoms with Crippen molar-refractivity contribution < 1.29 is 18.7 Å². The fourth-order valence-electron chi connectivity index (χ4n) is 2.21. The monoisotopic (exact) mass is 292 g/mol. The predicted molar refractivity (Wildman–Crippen MR) is 76.3 cm³/mol. The molecule has 1 aromatic heterocycles. The lowest BCUT2D eigenvalue weighted by Gasteiger charge is -2.05. The van der Waals surface area contributed by atoms with E-state index in [4.69, 9.17) is 0 Å². The molecule has 2 N–H and O–H groups in total. The van der Waals surface area contributed by atoms with Gasteiger partial charge in [0.1, 0.15) is 5.82 Å². The molecular weight excluding hydrogens is 275 g/mol. The first-order valence-electron chi connectivity index (χ1n) is 6.61. The van der Waals surface area contributed by atoms with Gasteiger partial charge in [0.25, 0.3) is 0 Å². The number of hydrogen-bond donors (Lipinski definition) is 2. The third-order valence-corrected chi connectivity index (χ3v) is 3.30. The fraction of sp³-hybridized carbons (Fsp3) is 0.333. The van der Waals surface area contributed by atoms with Crippen molar-refractivity contribution in [3.05, 3.63) is 35.3 Å². The molecular formula is C15H17FN2O3. The zero-order chi connectivity index (χ0) is 15.4. The highest BCUT2D eigenvalue weighted by Crippen LogP contribution is 2.23. The minimum atomic E-state index is -0.374. The molecule has 5 nitrogen and oxygen atoms in total. The van der Waals surface area contributed by atoms with Gasteiger partial charge in [-0.1, -0.05) is 0 Å². The lowest BCUT2D eigenvalue weighted by molar-refractivity contribution is -0.140. The number of halogens is 1. The molecule has 1 heterocycles. The van der Waals surface area contributed by atoms with Gasteiger partial charge in [-0.25, -0.2) is 4.39 Å². The van der Waals surface area contributed by atoms with Crippen LogP contribution in [0.3, 0.4) is 0 Å². The Morgan fingerprint density at radius 3 is 2.86 bits per heavy atom. The second kappa shape index (κ2) is 6.39. The molecule has 1 aromatic carbocycles. The number of carbonyl (C=O) groups is 2. The summed E-state index contributed by atoms with van der Waals surface area (Å²) in [6.45, 7) is 2.07. The van der Waals surface area contributed by atoms with Crippen LogP contribution in [0.2, 0.25) is 0 Å². The number of methoxy groups -OCH3 is 1. The van der Waals surface area contributed by atoms with Crippen LogP contribution in [-0.4, -0.2) is 30.5 Å². The van der Waals surface area contributed by atoms with Gasteiger partial charge in [-0.05, 0) is 30.7 Å². The van der Waals surface area contributed by atoms with Crippen LogP contribution in [0.25, 0.3) is 10.9 Å². The van der Waals surface area contributed by atoms with Crippen molar-refractivity contribution in [2.75, 3.05) is 13.7 Å². The van der Waals surface area contributed by atoms with E-state index in [9.17, 15) is 14.0 Å². The average Bonchev–Trinajstić information content (AvgIpc) is 2.75. The number of amides is 1. The van der Waals surface area contributed by atoms with E-state index in [0.717, 1.165) is 16.8 Å². The van der Waals surface area contributed by atoms with E-state index in [1.54, 1.807) is 6.07 Å². The Morgan fingerprint density at radius 2 is 2.14 bits per heavy atom. The summed E-state index contributed by atoms with van der Waals surface area (Å²) in [5.74, 6) is -0.929. The Morgan fingerprint density at radius 1 is 1.38 bits per heavy atom. The van der Waals surface area contributed by atoms with Crippen molar-refractivity contribution in [2.45, 2.75) is 19.8 Å². The summed E-state index contributed by atoms with van der Waals surface area (Å²) in [6, 6.07) is 4.44. The molecule has 0 fully saturated rings. The maximum absolute atomic E-state index is 13.3. The molecule has 0 saturated heterocycles. The normalized spacial score (nSPS) is 10.6. The van der Waals surface area contributed by atoms with Gasteiger partial charge in [0.15, 0.2) is 0 Å². The number of aromatic nitrogens is 1. The van der Waals surface area contributed by atoms with Gasteiger partial charge in [0.05, 0.1) is 20.0 Å². The molecule has 6 heteroatoms. The average molecular weight is 292 g/mol. The van der Waals surface area contributed by atoms with Crippen molar-refractivity contribution in [3.63, 3.8) is 0 Å². The van der Waals surface area contributed by atoms with Gasteiger partial charge in [0.2, 0.25) is 5.91 Å². The van der Waals surface area contributed by atoms with Gasteiger partial charge in [-0.3, -0.25) is 9.59 Å². The van der Waals surface area contributed by atoms with E-state index in [0.29, 0.717) is 5.39 Å². The van der Waals surface area contributed by atoms with Gasteiger partial charge < -0.3 is 15.0 Å². The van der Waals surface area contributed by atoms with Crippen molar-refractivity contribution in [3.8, 4) is 0 Å². The summed E-state index contributed by atoms with van der Waals surface area (Å²) in [7, 11) is 1.30. The maximum atomic E-state index is 13.3. The first-order valence-corrected chi connectivity index (χ1v) is 6.61. The van der Waals surface area contributed by atoms with Crippen LogP contribution in [-0.2, 0) is 20.7 Å². The SMILES string of the molecule is COC(=O)CCNC(=O)Cc1c(C)[nH]c2ccc(F)cc12. The van der Waals surface area contributed by atoms with Crippen molar-refractivity contribution in [2.24, 2.45) is 0 Å². The Kier molecular flexibility index (Phi) is 4.57. The molecule has 0 saturated carbocycles. The largest absolute Gasteiger partial charge is 0.469 e. The number of aromatic amines is 1. The number of hydrogen-bond acceptors (Lipinski definition) is 3. The first-order chi connectivity index (χ1) is 10.0. The molecule has 1 amide bonds. The Labute approximate surface area is 121 Å². The lowest BCUT2D eigenvalue weighted by Crippen LogP contribution is -2.27. The fourth-order valence-corrected chi connectivity index (χ4v) is 2.21. The van der Waals surface area contributed by atoms with E-state index >= 15 is 0 Å². The second-order valence-corrected chi connectivity index (χ2v) is 4.77. The Balaban J connectivity index is 2.05. The van der Waals surface area contributed by atoms with Crippen LogP contribution in [0.15, 0.2) is 18.2 Å². The van der Waals surface area contributed by atoms with E-state index < -0.39 is 0 Å². The van der Waals surface area contributed by atoms with Gasteiger partial charge in [-0.2, -0.15) is 0 Å². The Hall–Kier alpha value is -2.37. The first kappa shape index (κ1) is 15.0. The van der Waals surface area contributed by atoms with E-state index in [2.05, 4.69) is 15.0 Å².